The van der Waals surface area contributed by atoms with E-state index in [1.165, 1.54) is 6.07 Å². The maximum atomic E-state index is 13.7. The van der Waals surface area contributed by atoms with E-state index in [0.29, 0.717) is 16.8 Å². The van der Waals surface area contributed by atoms with Crippen LogP contribution in [0.3, 0.4) is 0 Å². The van der Waals surface area contributed by atoms with Crippen molar-refractivity contribution in [1.29, 1.82) is 0 Å². The molecule has 2 aromatic carbocycles. The number of benzene rings is 2. The van der Waals surface area contributed by atoms with Gasteiger partial charge in [-0.05, 0) is 64.8 Å². The summed E-state index contributed by atoms with van der Waals surface area (Å²) in [4.78, 5) is 0. The molecule has 0 aromatic heterocycles. The number of rotatable bonds is 4. The van der Waals surface area contributed by atoms with Crippen LogP contribution in [-0.4, -0.2) is 6.54 Å². The van der Waals surface area contributed by atoms with Crippen LogP contribution < -0.4 is 10.5 Å². The van der Waals surface area contributed by atoms with Crippen molar-refractivity contribution in [2.24, 2.45) is 5.73 Å². The summed E-state index contributed by atoms with van der Waals surface area (Å²) in [6, 6.07) is 10.3. The van der Waals surface area contributed by atoms with Crippen LogP contribution >= 0.6 is 31.9 Å². The molecule has 0 fully saturated rings. The normalized spacial score (nSPS) is 10.5. The van der Waals surface area contributed by atoms with Gasteiger partial charge in [0, 0.05) is 4.47 Å². The predicted molar refractivity (Wildman–Crippen MR) is 81.1 cm³/mol. The van der Waals surface area contributed by atoms with Crippen molar-refractivity contribution in [2.75, 3.05) is 6.54 Å². The van der Waals surface area contributed by atoms with Gasteiger partial charge in [-0.15, -0.1) is 0 Å². The predicted octanol–water partition coefficient (Wildman–Crippen LogP) is 4.64. The molecule has 0 heterocycles. The van der Waals surface area contributed by atoms with Crippen LogP contribution in [0.15, 0.2) is 45.3 Å². The maximum absolute atomic E-state index is 13.7. The summed E-state index contributed by atoms with van der Waals surface area (Å²) in [5, 5.41) is 0. The Bertz CT molecular complexity index is 590. The second-order valence-corrected chi connectivity index (χ2v) is 5.75. The van der Waals surface area contributed by atoms with Gasteiger partial charge < -0.3 is 10.5 Å². The van der Waals surface area contributed by atoms with Gasteiger partial charge in [0.2, 0.25) is 0 Å². The third-order valence-electron chi connectivity index (χ3n) is 2.54. The van der Waals surface area contributed by atoms with Crippen LogP contribution in [0.4, 0.5) is 4.39 Å². The van der Waals surface area contributed by atoms with Crippen LogP contribution in [-0.2, 0) is 6.42 Å². The molecule has 0 spiro atoms. The Labute approximate surface area is 128 Å². The molecule has 0 atom stereocenters. The summed E-state index contributed by atoms with van der Waals surface area (Å²) in [5.74, 6) is 0.352. The quantitative estimate of drug-likeness (QED) is 0.827. The summed E-state index contributed by atoms with van der Waals surface area (Å²) in [5.41, 5.74) is 6.61. The highest BCUT2D eigenvalue weighted by Crippen LogP contribution is 2.32. The van der Waals surface area contributed by atoms with Crippen LogP contribution in [0.1, 0.15) is 5.56 Å². The summed E-state index contributed by atoms with van der Waals surface area (Å²) < 4.78 is 20.7. The Morgan fingerprint density at radius 2 is 1.79 bits per heavy atom. The average Bonchev–Trinajstić information content (AvgIpc) is 2.36. The molecule has 0 aliphatic carbocycles. The highest BCUT2D eigenvalue weighted by atomic mass is 79.9. The third-order valence-corrected chi connectivity index (χ3v) is 3.66. The van der Waals surface area contributed by atoms with Gasteiger partial charge in [-0.1, -0.05) is 22.0 Å². The SMILES string of the molecule is NCCc1ccc(Oc2ccc(Br)cc2F)c(Br)c1. The van der Waals surface area contributed by atoms with E-state index in [0.717, 1.165) is 16.5 Å². The van der Waals surface area contributed by atoms with Gasteiger partial charge in [-0.2, -0.15) is 0 Å². The van der Waals surface area contributed by atoms with E-state index < -0.39 is 5.82 Å². The van der Waals surface area contributed by atoms with E-state index in [9.17, 15) is 4.39 Å². The molecule has 100 valence electrons. The number of hydrogen-bond donors (Lipinski definition) is 1. The fourth-order valence-corrected chi connectivity index (χ4v) is 2.47. The molecule has 19 heavy (non-hydrogen) atoms. The standard InChI is InChI=1S/C14H12Br2FNO/c15-10-2-4-14(12(17)8-10)19-13-3-1-9(5-6-18)7-11(13)16/h1-4,7-8H,5-6,18H2. The number of nitrogens with two attached hydrogens (primary N) is 1. The van der Waals surface area contributed by atoms with Crippen molar-refractivity contribution in [1.82, 2.24) is 0 Å². The van der Waals surface area contributed by atoms with E-state index in [-0.39, 0.29) is 5.75 Å². The summed E-state index contributed by atoms with van der Waals surface area (Å²) in [6.07, 6.45) is 0.797. The smallest absolute Gasteiger partial charge is 0.166 e. The minimum atomic E-state index is -0.410. The molecule has 2 N–H and O–H groups in total. The Hall–Kier alpha value is -0.910. The minimum absolute atomic E-state index is 0.190. The first-order valence-corrected chi connectivity index (χ1v) is 7.30. The average molecular weight is 389 g/mol. The monoisotopic (exact) mass is 387 g/mol. The number of halogens is 3. The Morgan fingerprint density at radius 1 is 1.05 bits per heavy atom. The lowest BCUT2D eigenvalue weighted by atomic mass is 10.1. The van der Waals surface area contributed by atoms with Crippen LogP contribution in [0, 0.1) is 5.82 Å². The van der Waals surface area contributed by atoms with Gasteiger partial charge >= 0.3 is 0 Å². The first kappa shape index (κ1) is 14.5. The molecule has 2 nitrogen and oxygen atoms in total. The molecule has 2 rings (SSSR count). The highest BCUT2D eigenvalue weighted by Gasteiger charge is 2.08. The fourth-order valence-electron chi connectivity index (χ4n) is 1.63. The van der Waals surface area contributed by atoms with Gasteiger partial charge in [0.1, 0.15) is 5.75 Å². The van der Waals surface area contributed by atoms with Crippen LogP contribution in [0.25, 0.3) is 0 Å². The van der Waals surface area contributed by atoms with Gasteiger partial charge in [0.25, 0.3) is 0 Å². The largest absolute Gasteiger partial charge is 0.453 e. The van der Waals surface area contributed by atoms with Crippen molar-refractivity contribution in [3.63, 3.8) is 0 Å². The first-order chi connectivity index (χ1) is 9.10. The molecule has 0 amide bonds. The zero-order chi connectivity index (χ0) is 13.8. The molecule has 5 heteroatoms. The van der Waals surface area contributed by atoms with E-state index >= 15 is 0 Å². The second kappa shape index (κ2) is 6.50. The van der Waals surface area contributed by atoms with Crippen LogP contribution in [0.2, 0.25) is 0 Å². The van der Waals surface area contributed by atoms with Gasteiger partial charge in [0.15, 0.2) is 11.6 Å². The second-order valence-electron chi connectivity index (χ2n) is 3.98. The summed E-state index contributed by atoms with van der Waals surface area (Å²) in [6.45, 7) is 0.591. The maximum Gasteiger partial charge on any atom is 0.166 e. The molecular weight excluding hydrogens is 377 g/mol. The Balaban J connectivity index is 2.23. The van der Waals surface area contributed by atoms with Crippen molar-refractivity contribution >= 4 is 31.9 Å². The lowest BCUT2D eigenvalue weighted by molar-refractivity contribution is 0.439. The van der Waals surface area contributed by atoms with Gasteiger partial charge in [0.05, 0.1) is 4.47 Å². The van der Waals surface area contributed by atoms with E-state index in [1.54, 1.807) is 18.2 Å². The van der Waals surface area contributed by atoms with Crippen molar-refractivity contribution in [3.05, 3.63) is 56.7 Å². The lowest BCUT2D eigenvalue weighted by Crippen LogP contribution is -2.02. The van der Waals surface area contributed by atoms with E-state index in [4.69, 9.17) is 10.5 Å². The molecule has 0 radical (unpaired) electrons. The van der Waals surface area contributed by atoms with Crippen LogP contribution in [0.5, 0.6) is 11.5 Å². The van der Waals surface area contributed by atoms with Gasteiger partial charge in [-0.25, -0.2) is 4.39 Å². The number of hydrogen-bond acceptors (Lipinski definition) is 2. The molecule has 0 aliphatic rings. The Morgan fingerprint density at radius 3 is 2.42 bits per heavy atom. The van der Waals surface area contributed by atoms with Crippen molar-refractivity contribution in [2.45, 2.75) is 6.42 Å². The van der Waals surface area contributed by atoms with Crippen molar-refractivity contribution in [3.8, 4) is 11.5 Å². The fraction of sp³-hybridized carbons (Fsp3) is 0.143. The van der Waals surface area contributed by atoms with E-state index in [2.05, 4.69) is 31.9 Å². The Kier molecular flexibility index (Phi) is 4.96. The zero-order valence-electron chi connectivity index (χ0n) is 10.00. The molecule has 0 unspecified atom stereocenters. The number of ether oxygens (including phenoxy) is 1. The van der Waals surface area contributed by atoms with E-state index in [1.807, 2.05) is 12.1 Å². The molecular formula is C14H12Br2FNO. The molecule has 0 bridgehead atoms. The van der Waals surface area contributed by atoms with Gasteiger partial charge in [-0.3, -0.25) is 0 Å². The molecule has 2 aromatic rings. The minimum Gasteiger partial charge on any atom is -0.453 e. The molecule has 0 saturated heterocycles. The molecule has 0 aliphatic heterocycles. The first-order valence-electron chi connectivity index (χ1n) is 5.71. The summed E-state index contributed by atoms with van der Waals surface area (Å²) in [7, 11) is 0. The highest BCUT2D eigenvalue weighted by molar-refractivity contribution is 9.10. The summed E-state index contributed by atoms with van der Waals surface area (Å²) >= 11 is 6.62. The topological polar surface area (TPSA) is 35.2 Å². The lowest BCUT2D eigenvalue weighted by Gasteiger charge is -2.10. The molecule has 0 saturated carbocycles. The zero-order valence-corrected chi connectivity index (χ0v) is 13.2. The van der Waals surface area contributed by atoms with Crippen molar-refractivity contribution < 1.29 is 9.13 Å². The third kappa shape index (κ3) is 3.78.